The highest BCUT2D eigenvalue weighted by molar-refractivity contribution is 8.18. The molecule has 0 atom stereocenters. The van der Waals surface area contributed by atoms with Crippen molar-refractivity contribution in [3.8, 4) is 0 Å². The summed E-state index contributed by atoms with van der Waals surface area (Å²) in [6.07, 6.45) is 1.57. The van der Waals surface area contributed by atoms with E-state index in [4.69, 9.17) is 5.11 Å². The van der Waals surface area contributed by atoms with Crippen LogP contribution in [0.3, 0.4) is 0 Å². The van der Waals surface area contributed by atoms with Crippen molar-refractivity contribution in [2.75, 3.05) is 11.5 Å². The Morgan fingerprint density at radius 3 is 2.55 bits per heavy atom. The Bertz CT molecular complexity index is 153. The fourth-order valence-electron chi connectivity index (χ4n) is 1.00. The molecule has 0 unspecified atom stereocenters. The second kappa shape index (κ2) is 3.83. The van der Waals surface area contributed by atoms with E-state index in [1.165, 1.54) is 6.42 Å². The zero-order chi connectivity index (χ0) is 8.32. The molecule has 0 saturated carbocycles. The highest BCUT2D eigenvalue weighted by Gasteiger charge is 2.37. The minimum Gasteiger partial charge on any atom is -0.424 e. The first-order chi connectivity index (χ1) is 5.12. The van der Waals surface area contributed by atoms with E-state index in [2.05, 4.69) is 0 Å². The number of ketones is 1. The lowest BCUT2D eigenvalue weighted by Gasteiger charge is -2.24. The first-order valence-electron chi connectivity index (χ1n) is 3.65. The number of carbonyl (C=O) groups excluding carboxylic acids is 1. The predicted molar refractivity (Wildman–Crippen MR) is 51.2 cm³/mol. The van der Waals surface area contributed by atoms with Crippen LogP contribution < -0.4 is 0 Å². The molecular weight excluding hydrogens is 180 g/mol. The maximum absolute atomic E-state index is 10.8. The second-order valence-corrected chi connectivity index (χ2v) is 5.73. The van der Waals surface area contributed by atoms with Gasteiger partial charge in [-0.3, -0.25) is 4.79 Å². The van der Waals surface area contributed by atoms with Crippen LogP contribution in [0.1, 0.15) is 19.8 Å². The molecule has 1 rings (SSSR count). The summed E-state index contributed by atoms with van der Waals surface area (Å²) in [6, 6.07) is 0. The Balaban J connectivity index is 2.43. The molecule has 0 aromatic carbocycles. The lowest BCUT2D eigenvalue weighted by atomic mass is 10.3. The Morgan fingerprint density at radius 2 is 2.09 bits per heavy atom. The van der Waals surface area contributed by atoms with E-state index in [9.17, 15) is 4.79 Å². The van der Waals surface area contributed by atoms with Crippen LogP contribution in [-0.4, -0.2) is 26.7 Å². The largest absolute Gasteiger partial charge is 0.424 e. The van der Waals surface area contributed by atoms with Gasteiger partial charge in [0.25, 0.3) is 4.27 Å². The van der Waals surface area contributed by atoms with Crippen molar-refractivity contribution in [2.45, 2.75) is 24.0 Å². The fraction of sp³-hybridized carbons (Fsp3) is 0.857. The van der Waals surface area contributed by atoms with Crippen LogP contribution in [0, 0.1) is 0 Å². The summed E-state index contributed by atoms with van der Waals surface area (Å²) < 4.78 is -0.565. The van der Waals surface area contributed by atoms with Crippen LogP contribution in [0.5, 0.6) is 0 Å². The van der Waals surface area contributed by atoms with Crippen LogP contribution in [0.25, 0.3) is 0 Å². The van der Waals surface area contributed by atoms with Gasteiger partial charge in [-0.05, 0) is 13.3 Å². The van der Waals surface area contributed by atoms with E-state index in [0.717, 1.165) is 11.5 Å². The van der Waals surface area contributed by atoms with Gasteiger partial charge in [0.15, 0.2) is 0 Å². The molecule has 1 heterocycles. The molecular formula is C7H13O2S2+. The third-order valence-corrected chi connectivity index (χ3v) is 4.35. The van der Waals surface area contributed by atoms with Crippen molar-refractivity contribution in [2.24, 2.45) is 0 Å². The summed E-state index contributed by atoms with van der Waals surface area (Å²) in [6.45, 7) is 1.56. The van der Waals surface area contributed by atoms with E-state index in [1.54, 1.807) is 30.4 Å². The summed E-state index contributed by atoms with van der Waals surface area (Å²) in [4.78, 5) is 10.8. The van der Waals surface area contributed by atoms with E-state index < -0.39 is 4.27 Å². The third kappa shape index (κ3) is 3.05. The molecule has 2 N–H and O–H groups in total. The van der Waals surface area contributed by atoms with Crippen LogP contribution >= 0.6 is 23.5 Å². The van der Waals surface area contributed by atoms with Gasteiger partial charge in [-0.2, -0.15) is 0 Å². The average Bonchev–Trinajstić information content (AvgIpc) is 1.85. The van der Waals surface area contributed by atoms with Gasteiger partial charge in [-0.1, -0.05) is 23.5 Å². The molecule has 0 aromatic heterocycles. The van der Waals surface area contributed by atoms with E-state index in [-0.39, 0.29) is 5.78 Å². The van der Waals surface area contributed by atoms with E-state index in [0.29, 0.717) is 6.42 Å². The lowest BCUT2D eigenvalue weighted by Crippen LogP contribution is -2.26. The van der Waals surface area contributed by atoms with Crippen molar-refractivity contribution >= 4 is 29.3 Å². The quantitative estimate of drug-likeness (QED) is 0.619. The summed E-state index contributed by atoms with van der Waals surface area (Å²) in [5.41, 5.74) is 0. The van der Waals surface area contributed by atoms with Crippen LogP contribution in [0.15, 0.2) is 0 Å². The smallest absolute Gasteiger partial charge is 0.266 e. The summed E-state index contributed by atoms with van der Waals surface area (Å²) in [7, 11) is 0. The molecule has 0 aliphatic carbocycles. The molecule has 11 heavy (non-hydrogen) atoms. The van der Waals surface area contributed by atoms with Crippen molar-refractivity contribution < 1.29 is 9.90 Å². The minimum absolute atomic E-state index is 0.127. The van der Waals surface area contributed by atoms with E-state index >= 15 is 0 Å². The first kappa shape index (κ1) is 9.42. The van der Waals surface area contributed by atoms with Gasteiger partial charge < -0.3 is 5.11 Å². The van der Waals surface area contributed by atoms with Gasteiger partial charge in [0.2, 0.25) is 0 Å². The standard InChI is InChI=1S/C7H12O2S2/c1-6(8)5-7(9)10-3-2-4-11-7/h9H,2-5H2,1H3/p+1. The molecule has 0 aromatic rings. The molecule has 0 spiro atoms. The number of Topliss-reactive ketones (excluding diaryl/α,β-unsaturated/α-hetero) is 1. The molecule has 0 radical (unpaired) electrons. The molecule has 1 fully saturated rings. The molecule has 2 nitrogen and oxygen atoms in total. The first-order valence-corrected chi connectivity index (χ1v) is 5.62. The van der Waals surface area contributed by atoms with Crippen LogP contribution in [-0.2, 0) is 4.79 Å². The molecule has 4 heteroatoms. The third-order valence-electron chi connectivity index (χ3n) is 1.44. The van der Waals surface area contributed by atoms with Gasteiger partial charge in [-0.15, -0.1) is 0 Å². The summed E-state index contributed by atoms with van der Waals surface area (Å²) in [5, 5.41) is 7.86. The van der Waals surface area contributed by atoms with Crippen molar-refractivity contribution in [1.82, 2.24) is 0 Å². The Kier molecular flexibility index (Phi) is 3.28. The molecule has 1 aliphatic rings. The number of thioether (sulfide) groups is 2. The average molecular weight is 193 g/mol. The van der Waals surface area contributed by atoms with Crippen LogP contribution in [0.4, 0.5) is 0 Å². The van der Waals surface area contributed by atoms with Gasteiger partial charge in [0, 0.05) is 11.5 Å². The highest BCUT2D eigenvalue weighted by atomic mass is 32.2. The molecule has 1 saturated heterocycles. The zero-order valence-electron chi connectivity index (χ0n) is 6.55. The van der Waals surface area contributed by atoms with Gasteiger partial charge in [-0.25, -0.2) is 0 Å². The minimum atomic E-state index is -0.565. The van der Waals surface area contributed by atoms with Gasteiger partial charge in [0.1, 0.15) is 12.2 Å². The molecule has 0 amide bonds. The Morgan fingerprint density at radius 1 is 1.55 bits per heavy atom. The number of hydrogen-bond acceptors (Lipinski definition) is 3. The number of rotatable bonds is 2. The zero-order valence-corrected chi connectivity index (χ0v) is 8.19. The van der Waals surface area contributed by atoms with Gasteiger partial charge >= 0.3 is 0 Å². The predicted octanol–water partition coefficient (Wildman–Crippen LogP) is 1.21. The topological polar surface area (TPSA) is 40.0 Å². The molecule has 0 bridgehead atoms. The second-order valence-electron chi connectivity index (χ2n) is 2.68. The van der Waals surface area contributed by atoms with Gasteiger partial charge in [0.05, 0.1) is 0 Å². The Labute approximate surface area is 75.1 Å². The fourth-order valence-corrected chi connectivity index (χ4v) is 3.87. The number of hydrogen-bond donors (Lipinski definition) is 0. The SMILES string of the molecule is CC(=O)CC1([OH2+])SCCCS1. The maximum Gasteiger partial charge on any atom is 0.266 e. The lowest BCUT2D eigenvalue weighted by molar-refractivity contribution is -0.118. The number of carbonyl (C=O) groups is 1. The normalized spacial score (nSPS) is 23.1. The summed E-state index contributed by atoms with van der Waals surface area (Å²) >= 11 is 3.21. The molecule has 64 valence electrons. The van der Waals surface area contributed by atoms with Crippen molar-refractivity contribution in [3.63, 3.8) is 0 Å². The maximum atomic E-state index is 10.8. The summed E-state index contributed by atoms with van der Waals surface area (Å²) in [5.74, 6) is 2.19. The van der Waals surface area contributed by atoms with Crippen molar-refractivity contribution in [1.29, 1.82) is 0 Å². The van der Waals surface area contributed by atoms with Crippen molar-refractivity contribution in [3.05, 3.63) is 0 Å². The van der Waals surface area contributed by atoms with Crippen LogP contribution in [0.2, 0.25) is 0 Å². The molecule has 1 aliphatic heterocycles. The highest BCUT2D eigenvalue weighted by Crippen LogP contribution is 2.42. The monoisotopic (exact) mass is 193 g/mol. The van der Waals surface area contributed by atoms with E-state index in [1.807, 2.05) is 0 Å². The Hall–Kier alpha value is 0.330.